The fourth-order valence-electron chi connectivity index (χ4n) is 1.53. The summed E-state index contributed by atoms with van der Waals surface area (Å²) in [5.41, 5.74) is -0.106. The Labute approximate surface area is 135 Å². The van der Waals surface area contributed by atoms with Crippen molar-refractivity contribution in [3.8, 4) is 0 Å². The number of carbonyl (C=O) groups excluding carboxylic acids is 1. The van der Waals surface area contributed by atoms with E-state index in [2.05, 4.69) is 20.9 Å². The van der Waals surface area contributed by atoms with Gasteiger partial charge in [0.15, 0.2) is 0 Å². The molecule has 0 saturated carbocycles. The van der Waals surface area contributed by atoms with Gasteiger partial charge in [0, 0.05) is 11.0 Å². The zero-order valence-electron chi connectivity index (χ0n) is 12.7. The minimum absolute atomic E-state index is 0.00615. The number of pyridine rings is 1. The summed E-state index contributed by atoms with van der Waals surface area (Å²) >= 11 is 3.34. The molecule has 1 atom stereocenters. The monoisotopic (exact) mass is 382 g/mol. The standard InChI is InChI=1S/C14H18BrF3N2O2/c1-9(15)10-5-6-11(19-7-10)20(8-14(16,17)18)12(21)22-13(2,3)4/h5-7,9H,8H2,1-4H3. The number of alkyl halides is 4. The summed E-state index contributed by atoms with van der Waals surface area (Å²) in [6.45, 7) is 5.15. The van der Waals surface area contributed by atoms with Crippen LogP contribution in [0.2, 0.25) is 0 Å². The lowest BCUT2D eigenvalue weighted by Gasteiger charge is -2.27. The highest BCUT2D eigenvalue weighted by molar-refractivity contribution is 9.09. The second kappa shape index (κ2) is 6.85. The average molecular weight is 383 g/mol. The van der Waals surface area contributed by atoms with Crippen molar-refractivity contribution in [3.05, 3.63) is 23.9 Å². The first-order valence-corrected chi connectivity index (χ1v) is 7.48. The van der Waals surface area contributed by atoms with E-state index in [-0.39, 0.29) is 10.6 Å². The fraction of sp³-hybridized carbons (Fsp3) is 0.571. The van der Waals surface area contributed by atoms with E-state index in [4.69, 9.17) is 4.74 Å². The van der Waals surface area contributed by atoms with Gasteiger partial charge in [-0.05, 0) is 39.3 Å². The van der Waals surface area contributed by atoms with E-state index in [0.29, 0.717) is 4.90 Å². The number of hydrogen-bond donors (Lipinski definition) is 0. The van der Waals surface area contributed by atoms with Gasteiger partial charge in [0.2, 0.25) is 0 Å². The van der Waals surface area contributed by atoms with Gasteiger partial charge in [0.25, 0.3) is 0 Å². The number of amides is 1. The SMILES string of the molecule is CC(Br)c1ccc(N(CC(F)(F)F)C(=O)OC(C)(C)C)nc1. The number of hydrogen-bond acceptors (Lipinski definition) is 3. The number of anilines is 1. The molecule has 0 aromatic carbocycles. The predicted molar refractivity (Wildman–Crippen MR) is 81.2 cm³/mol. The third-order valence-corrected chi connectivity index (χ3v) is 2.99. The third kappa shape index (κ3) is 6.21. The maximum absolute atomic E-state index is 12.7. The summed E-state index contributed by atoms with van der Waals surface area (Å²) in [4.78, 5) is 16.4. The molecule has 1 amide bonds. The molecule has 0 aliphatic carbocycles. The Morgan fingerprint density at radius 2 is 1.95 bits per heavy atom. The number of rotatable bonds is 3. The van der Waals surface area contributed by atoms with E-state index >= 15 is 0 Å². The lowest BCUT2D eigenvalue weighted by molar-refractivity contribution is -0.119. The van der Waals surface area contributed by atoms with Gasteiger partial charge in [-0.25, -0.2) is 9.78 Å². The highest BCUT2D eigenvalue weighted by Crippen LogP contribution is 2.26. The maximum Gasteiger partial charge on any atom is 0.416 e. The zero-order chi connectivity index (χ0) is 17.1. The van der Waals surface area contributed by atoms with Gasteiger partial charge >= 0.3 is 12.3 Å². The van der Waals surface area contributed by atoms with Gasteiger partial charge in [0.05, 0.1) is 0 Å². The van der Waals surface area contributed by atoms with Gasteiger partial charge < -0.3 is 4.74 Å². The molecule has 8 heteroatoms. The van der Waals surface area contributed by atoms with Crippen LogP contribution in [0.3, 0.4) is 0 Å². The molecule has 0 aliphatic heterocycles. The number of halogens is 4. The van der Waals surface area contributed by atoms with E-state index in [0.717, 1.165) is 5.56 Å². The van der Waals surface area contributed by atoms with Crippen LogP contribution >= 0.6 is 15.9 Å². The first-order chi connectivity index (χ1) is 9.89. The Kier molecular flexibility index (Phi) is 5.83. The molecule has 1 unspecified atom stereocenters. The summed E-state index contributed by atoms with van der Waals surface area (Å²) in [6.07, 6.45) is -4.22. The Balaban J connectivity index is 3.06. The fourth-order valence-corrected chi connectivity index (χ4v) is 1.80. The lowest BCUT2D eigenvalue weighted by atomic mass is 10.2. The summed E-state index contributed by atoms with van der Waals surface area (Å²) < 4.78 is 43.1. The van der Waals surface area contributed by atoms with Crippen molar-refractivity contribution < 1.29 is 22.7 Å². The first-order valence-electron chi connectivity index (χ1n) is 6.56. The smallest absolute Gasteiger partial charge is 0.416 e. The maximum atomic E-state index is 12.7. The molecular weight excluding hydrogens is 365 g/mol. The van der Waals surface area contributed by atoms with Crippen molar-refractivity contribution in [1.82, 2.24) is 4.98 Å². The van der Waals surface area contributed by atoms with E-state index in [1.807, 2.05) is 6.92 Å². The minimum atomic E-state index is -4.56. The topological polar surface area (TPSA) is 42.4 Å². The minimum Gasteiger partial charge on any atom is -0.443 e. The molecule has 22 heavy (non-hydrogen) atoms. The van der Waals surface area contributed by atoms with Crippen LogP contribution in [0.1, 0.15) is 38.1 Å². The van der Waals surface area contributed by atoms with E-state index < -0.39 is 24.4 Å². The van der Waals surface area contributed by atoms with Gasteiger partial charge in [-0.1, -0.05) is 22.0 Å². The Hall–Kier alpha value is -1.31. The van der Waals surface area contributed by atoms with Crippen LogP contribution in [0.25, 0.3) is 0 Å². The number of aromatic nitrogens is 1. The Morgan fingerprint density at radius 3 is 2.32 bits per heavy atom. The van der Waals surface area contributed by atoms with Crippen molar-refractivity contribution in [1.29, 1.82) is 0 Å². The van der Waals surface area contributed by atoms with E-state index in [1.54, 1.807) is 26.8 Å². The van der Waals surface area contributed by atoms with Crippen molar-refractivity contribution in [2.24, 2.45) is 0 Å². The second-order valence-corrected chi connectivity index (χ2v) is 7.12. The van der Waals surface area contributed by atoms with Crippen LogP contribution < -0.4 is 4.90 Å². The van der Waals surface area contributed by atoms with Gasteiger partial charge in [-0.15, -0.1) is 0 Å². The third-order valence-electron chi connectivity index (χ3n) is 2.46. The molecule has 1 heterocycles. The molecule has 0 spiro atoms. The van der Waals surface area contributed by atoms with Crippen LogP contribution in [0, 0.1) is 0 Å². The summed E-state index contributed by atoms with van der Waals surface area (Å²) in [5.74, 6) is -0.108. The van der Waals surface area contributed by atoms with Crippen molar-refractivity contribution >= 4 is 27.8 Å². The summed E-state index contributed by atoms with van der Waals surface area (Å²) in [7, 11) is 0. The van der Waals surface area contributed by atoms with E-state index in [1.165, 1.54) is 12.3 Å². The van der Waals surface area contributed by atoms with Crippen molar-refractivity contribution in [2.45, 2.75) is 44.3 Å². The first kappa shape index (κ1) is 18.7. The van der Waals surface area contributed by atoms with Crippen molar-refractivity contribution in [2.75, 3.05) is 11.4 Å². The molecule has 0 N–H and O–H groups in total. The average Bonchev–Trinajstić information content (AvgIpc) is 2.33. The molecule has 0 aliphatic rings. The molecular formula is C14H18BrF3N2O2. The van der Waals surface area contributed by atoms with Crippen LogP contribution in [-0.4, -0.2) is 29.4 Å². The molecule has 0 bridgehead atoms. The van der Waals surface area contributed by atoms with E-state index in [9.17, 15) is 18.0 Å². The number of ether oxygens (including phenoxy) is 1. The molecule has 0 radical (unpaired) electrons. The molecule has 0 saturated heterocycles. The van der Waals surface area contributed by atoms with Crippen LogP contribution in [0.5, 0.6) is 0 Å². The van der Waals surface area contributed by atoms with Gasteiger partial charge in [-0.3, -0.25) is 4.90 Å². The van der Waals surface area contributed by atoms with Crippen LogP contribution in [0.4, 0.5) is 23.8 Å². The molecule has 4 nitrogen and oxygen atoms in total. The van der Waals surface area contributed by atoms with Crippen LogP contribution in [0.15, 0.2) is 18.3 Å². The van der Waals surface area contributed by atoms with Crippen LogP contribution in [-0.2, 0) is 4.74 Å². The molecule has 1 aromatic rings. The summed E-state index contributed by atoms with van der Waals surface area (Å²) in [6, 6.07) is 2.97. The highest BCUT2D eigenvalue weighted by Gasteiger charge is 2.36. The molecule has 1 rings (SSSR count). The quantitative estimate of drug-likeness (QED) is 0.702. The molecule has 1 aromatic heterocycles. The van der Waals surface area contributed by atoms with Gasteiger partial charge in [-0.2, -0.15) is 13.2 Å². The Bertz CT molecular complexity index is 510. The van der Waals surface area contributed by atoms with Crippen molar-refractivity contribution in [3.63, 3.8) is 0 Å². The lowest BCUT2D eigenvalue weighted by Crippen LogP contribution is -2.42. The number of nitrogens with zero attached hydrogens (tertiary/aromatic N) is 2. The Morgan fingerprint density at radius 1 is 1.36 bits per heavy atom. The summed E-state index contributed by atoms with van der Waals surface area (Å²) in [5, 5.41) is 0. The van der Waals surface area contributed by atoms with Gasteiger partial charge in [0.1, 0.15) is 18.0 Å². The number of carbonyl (C=O) groups is 1. The second-order valence-electron chi connectivity index (χ2n) is 5.75. The molecule has 124 valence electrons. The molecule has 0 fully saturated rings. The normalized spacial score (nSPS) is 13.6. The predicted octanol–water partition coefficient (Wildman–Crippen LogP) is 4.84. The highest BCUT2D eigenvalue weighted by atomic mass is 79.9. The largest absolute Gasteiger partial charge is 0.443 e. The zero-order valence-corrected chi connectivity index (χ0v) is 14.3.